The van der Waals surface area contributed by atoms with Crippen LogP contribution in [0, 0.1) is 0 Å². The molecule has 1 amide bonds. The molecule has 5 rings (SSSR count). The zero-order valence-corrected chi connectivity index (χ0v) is 18.6. The monoisotopic (exact) mass is 408 g/mol. The van der Waals surface area contributed by atoms with Gasteiger partial charge in [0.05, 0.1) is 0 Å². The van der Waals surface area contributed by atoms with E-state index in [4.69, 9.17) is 0 Å². The first-order chi connectivity index (χ1) is 14.6. The molecule has 1 aromatic heterocycles. The first-order valence-corrected chi connectivity index (χ1v) is 12.0. The second kappa shape index (κ2) is 8.35. The highest BCUT2D eigenvalue weighted by Gasteiger charge is 2.31. The molecule has 1 aliphatic carbocycles. The van der Waals surface area contributed by atoms with Crippen molar-refractivity contribution >= 4 is 16.8 Å². The van der Waals surface area contributed by atoms with Crippen molar-refractivity contribution in [3.05, 3.63) is 36.0 Å². The zero-order chi connectivity index (χ0) is 20.7. The fraction of sp³-hybridized carbons (Fsp3) is 0.640. The van der Waals surface area contributed by atoms with E-state index < -0.39 is 0 Å². The molecule has 5 heteroatoms. The summed E-state index contributed by atoms with van der Waals surface area (Å²) in [4.78, 5) is 20.3. The fourth-order valence-corrected chi connectivity index (χ4v) is 5.84. The summed E-state index contributed by atoms with van der Waals surface area (Å²) >= 11 is 0. The third kappa shape index (κ3) is 3.78. The molecule has 3 heterocycles. The van der Waals surface area contributed by atoms with Crippen LogP contribution in [0.1, 0.15) is 62.4 Å². The van der Waals surface area contributed by atoms with Crippen molar-refractivity contribution in [3.8, 4) is 0 Å². The lowest BCUT2D eigenvalue weighted by molar-refractivity contribution is 0.0595. The van der Waals surface area contributed by atoms with Crippen LogP contribution >= 0.6 is 0 Å². The molecule has 0 N–H and O–H groups in total. The number of amides is 1. The van der Waals surface area contributed by atoms with Gasteiger partial charge in [-0.1, -0.05) is 12.8 Å². The maximum absolute atomic E-state index is 13.1. The molecular formula is C25H36N4O. The van der Waals surface area contributed by atoms with E-state index in [1.54, 1.807) is 0 Å². The van der Waals surface area contributed by atoms with Gasteiger partial charge >= 0.3 is 0 Å². The second-order valence-corrected chi connectivity index (χ2v) is 9.79. The molecule has 3 fully saturated rings. The summed E-state index contributed by atoms with van der Waals surface area (Å²) in [6.45, 7) is 10.5. The van der Waals surface area contributed by atoms with Crippen LogP contribution in [0.5, 0.6) is 0 Å². The summed E-state index contributed by atoms with van der Waals surface area (Å²) in [5, 5.41) is 1.20. The van der Waals surface area contributed by atoms with Crippen molar-refractivity contribution in [3.63, 3.8) is 0 Å². The average molecular weight is 409 g/mol. The summed E-state index contributed by atoms with van der Waals surface area (Å²) in [6, 6.07) is 10.4. The summed E-state index contributed by atoms with van der Waals surface area (Å²) in [7, 11) is 0. The third-order valence-corrected chi connectivity index (χ3v) is 7.73. The Morgan fingerprint density at radius 1 is 0.933 bits per heavy atom. The summed E-state index contributed by atoms with van der Waals surface area (Å²) < 4.78 is 2.46. The van der Waals surface area contributed by atoms with Crippen LogP contribution in [-0.2, 0) is 0 Å². The first kappa shape index (κ1) is 20.1. The molecule has 162 valence electrons. The minimum absolute atomic E-state index is 0.182. The largest absolute Gasteiger partial charge is 0.343 e. The summed E-state index contributed by atoms with van der Waals surface area (Å²) in [5.41, 5.74) is 2.10. The van der Waals surface area contributed by atoms with Crippen molar-refractivity contribution in [2.45, 2.75) is 64.1 Å². The number of aromatic nitrogens is 1. The van der Waals surface area contributed by atoms with Crippen molar-refractivity contribution in [1.82, 2.24) is 19.3 Å². The normalized spacial score (nSPS) is 24.5. The van der Waals surface area contributed by atoms with Gasteiger partial charge in [-0.2, -0.15) is 0 Å². The van der Waals surface area contributed by atoms with E-state index in [9.17, 15) is 4.79 Å². The molecule has 0 radical (unpaired) electrons. The van der Waals surface area contributed by atoms with E-state index in [0.717, 1.165) is 37.8 Å². The number of carbonyl (C=O) groups is 1. The standard InChI is InChI=1S/C25H36N4O/c1-19(2)26-13-15-27(16-14-26)25(30)21-7-8-24-20(17-21)9-12-29(24)23-10-11-28(18-23)22-5-3-4-6-22/h7-9,12,17,19,22-23H,3-6,10-11,13-16,18H2,1-2H3/t23-/m0/s1. The van der Waals surface area contributed by atoms with Gasteiger partial charge in [0.15, 0.2) is 0 Å². The Bertz CT molecular complexity index is 890. The second-order valence-electron chi connectivity index (χ2n) is 9.79. The summed E-state index contributed by atoms with van der Waals surface area (Å²) in [5.74, 6) is 0.182. The Kier molecular flexibility index (Phi) is 5.59. The molecule has 3 aliphatic rings. The van der Waals surface area contributed by atoms with E-state index >= 15 is 0 Å². The highest BCUT2D eigenvalue weighted by Crippen LogP contribution is 2.32. The number of fused-ring (bicyclic) bond motifs is 1. The van der Waals surface area contributed by atoms with E-state index in [2.05, 4.69) is 52.6 Å². The fourth-order valence-electron chi connectivity index (χ4n) is 5.84. The van der Waals surface area contributed by atoms with Gasteiger partial charge in [-0.05, 0) is 57.4 Å². The molecule has 1 aromatic carbocycles. The average Bonchev–Trinajstić information content (AvgIpc) is 3.52. The van der Waals surface area contributed by atoms with Gasteiger partial charge in [0, 0.05) is 80.1 Å². The smallest absolute Gasteiger partial charge is 0.253 e. The number of carbonyl (C=O) groups excluding carboxylic acids is 1. The highest BCUT2D eigenvalue weighted by atomic mass is 16.2. The molecule has 1 saturated carbocycles. The lowest BCUT2D eigenvalue weighted by Crippen LogP contribution is -2.50. The molecule has 2 aliphatic heterocycles. The molecule has 0 bridgehead atoms. The van der Waals surface area contributed by atoms with Crippen LogP contribution in [-0.4, -0.2) is 76.5 Å². The lowest BCUT2D eigenvalue weighted by Gasteiger charge is -2.37. The van der Waals surface area contributed by atoms with E-state index in [0.29, 0.717) is 12.1 Å². The Labute approximate surface area is 180 Å². The van der Waals surface area contributed by atoms with E-state index in [1.165, 1.54) is 56.1 Å². The lowest BCUT2D eigenvalue weighted by atomic mass is 10.1. The van der Waals surface area contributed by atoms with Gasteiger partial charge in [0.25, 0.3) is 5.91 Å². The molecule has 5 nitrogen and oxygen atoms in total. The third-order valence-electron chi connectivity index (χ3n) is 7.73. The zero-order valence-electron chi connectivity index (χ0n) is 18.6. The van der Waals surface area contributed by atoms with Crippen LogP contribution in [0.3, 0.4) is 0 Å². The van der Waals surface area contributed by atoms with Crippen molar-refractivity contribution in [2.75, 3.05) is 39.3 Å². The minimum atomic E-state index is 0.182. The molecule has 1 atom stereocenters. The molecular weight excluding hydrogens is 372 g/mol. The number of piperazine rings is 1. The minimum Gasteiger partial charge on any atom is -0.343 e. The quantitative estimate of drug-likeness (QED) is 0.766. The maximum atomic E-state index is 13.1. The van der Waals surface area contributed by atoms with E-state index in [1.807, 2.05) is 11.0 Å². The number of benzene rings is 1. The van der Waals surface area contributed by atoms with Crippen LogP contribution in [0.4, 0.5) is 0 Å². The van der Waals surface area contributed by atoms with Gasteiger partial charge in [-0.3, -0.25) is 14.6 Å². The van der Waals surface area contributed by atoms with Gasteiger partial charge in [-0.15, -0.1) is 0 Å². The number of likely N-dealkylation sites (tertiary alicyclic amines) is 1. The van der Waals surface area contributed by atoms with Gasteiger partial charge in [0.2, 0.25) is 0 Å². The van der Waals surface area contributed by atoms with Gasteiger partial charge in [0.1, 0.15) is 0 Å². The molecule has 0 unspecified atom stereocenters. The molecule has 2 saturated heterocycles. The Balaban J connectivity index is 1.28. The highest BCUT2D eigenvalue weighted by molar-refractivity contribution is 5.98. The topological polar surface area (TPSA) is 31.7 Å². The van der Waals surface area contributed by atoms with Gasteiger partial charge < -0.3 is 9.47 Å². The van der Waals surface area contributed by atoms with Crippen LogP contribution in [0.2, 0.25) is 0 Å². The van der Waals surface area contributed by atoms with Crippen LogP contribution < -0.4 is 0 Å². The van der Waals surface area contributed by atoms with Crippen LogP contribution in [0.15, 0.2) is 30.5 Å². The Morgan fingerprint density at radius 2 is 1.70 bits per heavy atom. The predicted molar refractivity (Wildman–Crippen MR) is 122 cm³/mol. The number of hydrogen-bond donors (Lipinski definition) is 0. The molecule has 30 heavy (non-hydrogen) atoms. The van der Waals surface area contributed by atoms with E-state index in [-0.39, 0.29) is 5.91 Å². The van der Waals surface area contributed by atoms with Crippen molar-refractivity contribution < 1.29 is 4.79 Å². The predicted octanol–water partition coefficient (Wildman–Crippen LogP) is 4.00. The molecule has 2 aromatic rings. The number of hydrogen-bond acceptors (Lipinski definition) is 3. The SMILES string of the molecule is CC(C)N1CCN(C(=O)c2ccc3c(ccn3[C@H]3CCN(C4CCCC4)C3)c2)CC1. The van der Waals surface area contributed by atoms with Crippen molar-refractivity contribution in [1.29, 1.82) is 0 Å². The van der Waals surface area contributed by atoms with Crippen LogP contribution in [0.25, 0.3) is 10.9 Å². The Morgan fingerprint density at radius 3 is 2.43 bits per heavy atom. The maximum Gasteiger partial charge on any atom is 0.253 e. The summed E-state index contributed by atoms with van der Waals surface area (Å²) in [6.07, 6.45) is 9.06. The van der Waals surface area contributed by atoms with Crippen molar-refractivity contribution in [2.24, 2.45) is 0 Å². The number of nitrogens with zero attached hydrogens (tertiary/aromatic N) is 4. The number of rotatable bonds is 4. The first-order valence-electron chi connectivity index (χ1n) is 12.0. The molecule has 0 spiro atoms. The van der Waals surface area contributed by atoms with Gasteiger partial charge in [-0.25, -0.2) is 0 Å². The Hall–Kier alpha value is -1.85.